The van der Waals surface area contributed by atoms with Gasteiger partial charge in [0, 0.05) is 80.8 Å². The molecule has 6 fully saturated rings. The molecule has 1 unspecified atom stereocenters. The zero-order chi connectivity index (χ0) is 38.2. The number of nitrogens with one attached hydrogen (secondary N) is 2. The highest BCUT2D eigenvalue weighted by atomic mass is 32.2. The first-order valence-electron chi connectivity index (χ1n) is 21.6. The van der Waals surface area contributed by atoms with E-state index >= 15 is 0 Å². The number of hydrogen-bond donors (Lipinski definition) is 2. The number of aromatic nitrogens is 4. The second kappa shape index (κ2) is 14.2. The first-order chi connectivity index (χ1) is 26.4. The molecule has 0 radical (unpaired) electrons. The van der Waals surface area contributed by atoms with Crippen molar-refractivity contribution < 1.29 is 13.7 Å². The second-order valence-corrected chi connectivity index (χ2v) is 21.6. The van der Waals surface area contributed by atoms with E-state index in [1.165, 1.54) is 51.4 Å². The van der Waals surface area contributed by atoms with Crippen LogP contribution in [0.2, 0.25) is 0 Å². The monoisotopic (exact) mass is 769 g/mol. The quantitative estimate of drug-likeness (QED) is 0.186. The van der Waals surface area contributed by atoms with Gasteiger partial charge in [0.25, 0.3) is 0 Å². The van der Waals surface area contributed by atoms with Gasteiger partial charge >= 0.3 is 0 Å². The Morgan fingerprint density at radius 1 is 0.982 bits per heavy atom. The lowest BCUT2D eigenvalue weighted by molar-refractivity contribution is -0.145. The molecule has 0 spiro atoms. The Kier molecular flexibility index (Phi) is 9.72. The summed E-state index contributed by atoms with van der Waals surface area (Å²) in [5.41, 5.74) is 3.13. The van der Waals surface area contributed by atoms with Gasteiger partial charge in [-0.2, -0.15) is 0 Å². The summed E-state index contributed by atoms with van der Waals surface area (Å²) in [4.78, 5) is 35.1. The maximum Gasteiger partial charge on any atom is 0.162 e. The number of anilines is 1. The lowest BCUT2D eigenvalue weighted by Gasteiger charge is -2.60. The SMILES string of the molecule is C[C@@H]1CN(CCCCCO[C@H]2CC[C@H]3[C@@H]4CC[C@H]5CC(=O)CC[C@]5(C)[C@H]4CC[C@]23C)CCN1c1cc(C2(S(C)(=N)=O)CC2)nc(-c2ccnc3[nH]ccc23)n1. The molecule has 9 rings (SSSR count). The summed E-state index contributed by atoms with van der Waals surface area (Å²) in [7, 11) is -2.84. The van der Waals surface area contributed by atoms with Crippen molar-refractivity contribution in [1.29, 1.82) is 4.78 Å². The molecule has 3 aromatic rings. The van der Waals surface area contributed by atoms with Crippen LogP contribution in [0.3, 0.4) is 0 Å². The van der Waals surface area contributed by atoms with Crippen LogP contribution < -0.4 is 4.90 Å². The summed E-state index contributed by atoms with van der Waals surface area (Å²) in [6, 6.07) is 6.25. The summed E-state index contributed by atoms with van der Waals surface area (Å²) in [6.07, 6.45) is 21.1. The zero-order valence-electron chi connectivity index (χ0n) is 33.7. The number of fused-ring (bicyclic) bond motifs is 6. The van der Waals surface area contributed by atoms with Gasteiger partial charge in [-0.15, -0.1) is 0 Å². The summed E-state index contributed by atoms with van der Waals surface area (Å²) >= 11 is 0. The molecule has 11 heteroatoms. The third-order valence-electron chi connectivity index (χ3n) is 16.2. The highest BCUT2D eigenvalue weighted by molar-refractivity contribution is 7.93. The fraction of sp³-hybridized carbons (Fsp3) is 0.727. The molecule has 5 aliphatic carbocycles. The van der Waals surface area contributed by atoms with Crippen LogP contribution in [0, 0.1) is 39.3 Å². The molecule has 1 saturated heterocycles. The number of unbranched alkanes of at least 4 members (excludes halogenated alkanes) is 2. The van der Waals surface area contributed by atoms with Gasteiger partial charge in [0.2, 0.25) is 0 Å². The number of carbonyl (C=O) groups excluding carboxylic acids is 1. The maximum atomic E-state index is 13.2. The number of hydrogen-bond acceptors (Lipinski definition) is 9. The van der Waals surface area contributed by atoms with Crippen LogP contribution in [0.15, 0.2) is 30.6 Å². The number of rotatable bonds is 11. The van der Waals surface area contributed by atoms with Crippen molar-refractivity contribution in [2.24, 2.45) is 34.5 Å². The number of nitrogens with zero attached hydrogens (tertiary/aromatic N) is 5. The minimum Gasteiger partial charge on any atom is -0.378 e. The van der Waals surface area contributed by atoms with E-state index in [4.69, 9.17) is 19.5 Å². The molecule has 4 heterocycles. The topological polar surface area (TPSA) is 128 Å². The lowest BCUT2D eigenvalue weighted by Crippen LogP contribution is -2.54. The van der Waals surface area contributed by atoms with Gasteiger partial charge in [-0.1, -0.05) is 13.8 Å². The van der Waals surface area contributed by atoms with E-state index < -0.39 is 14.5 Å². The van der Waals surface area contributed by atoms with Crippen LogP contribution in [-0.2, 0) is 24.0 Å². The van der Waals surface area contributed by atoms with Crippen molar-refractivity contribution in [3.05, 3.63) is 36.3 Å². The molecule has 1 aliphatic heterocycles. The minimum absolute atomic E-state index is 0.263. The predicted molar refractivity (Wildman–Crippen MR) is 218 cm³/mol. The number of Topliss-reactive ketones (excluding diaryl/α,β-unsaturated/α-hetero) is 1. The predicted octanol–water partition coefficient (Wildman–Crippen LogP) is 8.36. The molecule has 0 aromatic carbocycles. The van der Waals surface area contributed by atoms with E-state index in [0.29, 0.717) is 34.5 Å². The van der Waals surface area contributed by atoms with Gasteiger partial charge in [0.15, 0.2) is 5.82 Å². The smallest absolute Gasteiger partial charge is 0.162 e. The van der Waals surface area contributed by atoms with Crippen LogP contribution in [0.1, 0.15) is 116 Å². The third kappa shape index (κ3) is 6.56. The van der Waals surface area contributed by atoms with Crippen molar-refractivity contribution >= 4 is 32.4 Å². The van der Waals surface area contributed by atoms with Crippen molar-refractivity contribution in [2.75, 3.05) is 43.9 Å². The van der Waals surface area contributed by atoms with Crippen LogP contribution in [0.25, 0.3) is 22.4 Å². The normalized spacial score (nSPS) is 35.6. The summed E-state index contributed by atoms with van der Waals surface area (Å²) in [5.74, 6) is 5.04. The maximum absolute atomic E-state index is 13.2. The van der Waals surface area contributed by atoms with Crippen molar-refractivity contribution in [3.8, 4) is 11.4 Å². The Bertz CT molecular complexity index is 2030. The summed E-state index contributed by atoms with van der Waals surface area (Å²) in [5, 5.41) is 0.960. The van der Waals surface area contributed by atoms with Gasteiger partial charge in [-0.3, -0.25) is 14.5 Å². The lowest BCUT2D eigenvalue weighted by atomic mass is 9.45. The number of H-pyrrole nitrogens is 1. The summed E-state index contributed by atoms with van der Waals surface area (Å²) < 4.78 is 27.9. The van der Waals surface area contributed by atoms with E-state index in [2.05, 4.69) is 40.5 Å². The molecule has 10 nitrogen and oxygen atoms in total. The van der Waals surface area contributed by atoms with E-state index in [1.807, 2.05) is 24.4 Å². The molecule has 0 amide bonds. The van der Waals surface area contributed by atoms with E-state index in [-0.39, 0.29) is 6.04 Å². The van der Waals surface area contributed by atoms with Crippen LogP contribution in [0.4, 0.5) is 5.82 Å². The van der Waals surface area contributed by atoms with Crippen LogP contribution in [-0.4, -0.2) is 86.0 Å². The zero-order valence-corrected chi connectivity index (χ0v) is 34.5. The standard InChI is InChI=1S/C44H63N7O3S/c1-29-28-50(22-6-5-7-25-54-38-11-10-35-34-9-8-30-26-31(52)12-16-42(30,2)36(34)13-17-43(35,38)3)23-24-51(29)39-27-37(44(18-19-44)55(4,45)53)48-41(49-39)33-15-21-47-40-32(33)14-20-46-40/h14-15,20-21,27,29-30,34-36,38,45H,5-13,16-19,22-26,28H2,1-4H3,(H,46,47)/t29-,30+,34+,35+,36+,38+,42+,43+,55?/m1/s1. The first-order valence-corrected chi connectivity index (χ1v) is 23.5. The van der Waals surface area contributed by atoms with Crippen LogP contribution >= 0.6 is 0 Å². The largest absolute Gasteiger partial charge is 0.378 e. The minimum atomic E-state index is -2.84. The van der Waals surface area contributed by atoms with Gasteiger partial charge in [0.1, 0.15) is 17.2 Å². The van der Waals surface area contributed by atoms with Crippen molar-refractivity contribution in [3.63, 3.8) is 0 Å². The number of piperazine rings is 1. The fourth-order valence-corrected chi connectivity index (χ4v) is 14.1. The molecule has 55 heavy (non-hydrogen) atoms. The first kappa shape index (κ1) is 37.7. The molecular weight excluding hydrogens is 707 g/mol. The Hall–Kier alpha value is -2.89. The number of carbonyl (C=O) groups is 1. The van der Waals surface area contributed by atoms with Gasteiger partial charge in [0.05, 0.1) is 26.3 Å². The number of ketones is 1. The molecule has 298 valence electrons. The fourth-order valence-electron chi connectivity index (χ4n) is 12.7. The Balaban J connectivity index is 0.777. The van der Waals surface area contributed by atoms with Crippen molar-refractivity contribution in [1.82, 2.24) is 24.8 Å². The molecule has 5 saturated carbocycles. The summed E-state index contributed by atoms with van der Waals surface area (Å²) in [6.45, 7) is 12.2. The number of aromatic amines is 1. The second-order valence-electron chi connectivity index (χ2n) is 19.2. The van der Waals surface area contributed by atoms with E-state index in [0.717, 1.165) is 117 Å². The van der Waals surface area contributed by atoms with Crippen LogP contribution in [0.5, 0.6) is 0 Å². The van der Waals surface area contributed by atoms with Gasteiger partial charge in [-0.05, 0) is 137 Å². The molecule has 3 aromatic heterocycles. The van der Waals surface area contributed by atoms with E-state index in [1.54, 1.807) is 12.5 Å². The highest BCUT2D eigenvalue weighted by Gasteiger charge is 2.60. The average molecular weight is 770 g/mol. The van der Waals surface area contributed by atoms with Gasteiger partial charge in [-0.25, -0.2) is 19.2 Å². The highest BCUT2D eigenvalue weighted by Crippen LogP contribution is 2.66. The Morgan fingerprint density at radius 2 is 1.82 bits per heavy atom. The number of ether oxygens (including phenoxy) is 1. The molecule has 2 N–H and O–H groups in total. The average Bonchev–Trinajstić information content (AvgIpc) is 3.74. The van der Waals surface area contributed by atoms with Gasteiger partial charge < -0.3 is 14.6 Å². The Morgan fingerprint density at radius 3 is 2.62 bits per heavy atom. The van der Waals surface area contributed by atoms with Crippen molar-refractivity contribution in [2.45, 2.75) is 128 Å². The molecule has 9 atom stereocenters. The molecular formula is C44H63N7O3S. The third-order valence-corrected chi connectivity index (χ3v) is 18.3. The molecule has 0 bridgehead atoms. The molecule has 6 aliphatic rings. The number of pyridine rings is 1. The Labute approximate surface area is 328 Å². The van der Waals surface area contributed by atoms with E-state index in [9.17, 15) is 9.00 Å².